The van der Waals surface area contributed by atoms with Crippen LogP contribution >= 0.6 is 0 Å². The molecule has 1 aromatic rings. The van der Waals surface area contributed by atoms with E-state index in [2.05, 4.69) is 0 Å². The SMILES string of the molecule is CN1C(=O)CC(=O)c2cc(F)ccc21. The van der Waals surface area contributed by atoms with Gasteiger partial charge in [0.25, 0.3) is 0 Å². The lowest BCUT2D eigenvalue weighted by molar-refractivity contribution is -0.117. The Kier molecular flexibility index (Phi) is 1.84. The first-order valence-electron chi connectivity index (χ1n) is 4.19. The number of halogens is 1. The van der Waals surface area contributed by atoms with Crippen LogP contribution in [0.4, 0.5) is 10.1 Å². The Labute approximate surface area is 80.1 Å². The topological polar surface area (TPSA) is 37.4 Å². The predicted octanol–water partition coefficient (Wildman–Crippen LogP) is 1.37. The van der Waals surface area contributed by atoms with Gasteiger partial charge in [0.15, 0.2) is 5.78 Å². The maximum atomic E-state index is 12.8. The molecule has 0 radical (unpaired) electrons. The average Bonchev–Trinajstić information content (AvgIpc) is 2.14. The molecule has 72 valence electrons. The monoisotopic (exact) mass is 193 g/mol. The van der Waals surface area contributed by atoms with Crippen molar-refractivity contribution in [3.63, 3.8) is 0 Å². The van der Waals surface area contributed by atoms with E-state index in [9.17, 15) is 14.0 Å². The summed E-state index contributed by atoms with van der Waals surface area (Å²) in [6.45, 7) is 0. The lowest BCUT2D eigenvalue weighted by Crippen LogP contribution is -2.34. The first-order valence-corrected chi connectivity index (χ1v) is 4.19. The van der Waals surface area contributed by atoms with Crippen LogP contribution in [0.25, 0.3) is 0 Å². The minimum atomic E-state index is -0.458. The predicted molar refractivity (Wildman–Crippen MR) is 48.8 cm³/mol. The Hall–Kier alpha value is -1.71. The first-order chi connectivity index (χ1) is 6.59. The molecule has 1 heterocycles. The van der Waals surface area contributed by atoms with Crippen LogP contribution < -0.4 is 4.90 Å². The second-order valence-electron chi connectivity index (χ2n) is 3.21. The van der Waals surface area contributed by atoms with E-state index in [1.54, 1.807) is 7.05 Å². The van der Waals surface area contributed by atoms with Crippen LogP contribution in [0.3, 0.4) is 0 Å². The molecule has 1 aliphatic heterocycles. The third kappa shape index (κ3) is 1.19. The normalized spacial score (nSPS) is 15.7. The van der Waals surface area contributed by atoms with Gasteiger partial charge in [-0.15, -0.1) is 0 Å². The van der Waals surface area contributed by atoms with Crippen molar-refractivity contribution >= 4 is 17.4 Å². The van der Waals surface area contributed by atoms with E-state index in [1.165, 1.54) is 23.1 Å². The number of Topliss-reactive ketones (excluding diaryl/α,β-unsaturated/α-hetero) is 1. The molecule has 1 aliphatic rings. The van der Waals surface area contributed by atoms with Gasteiger partial charge >= 0.3 is 0 Å². The lowest BCUT2D eigenvalue weighted by Gasteiger charge is -2.24. The zero-order valence-corrected chi connectivity index (χ0v) is 7.58. The van der Waals surface area contributed by atoms with Gasteiger partial charge in [-0.1, -0.05) is 0 Å². The van der Waals surface area contributed by atoms with Crippen molar-refractivity contribution in [3.8, 4) is 0 Å². The van der Waals surface area contributed by atoms with E-state index >= 15 is 0 Å². The van der Waals surface area contributed by atoms with E-state index < -0.39 is 5.82 Å². The Morgan fingerprint density at radius 3 is 2.79 bits per heavy atom. The minimum Gasteiger partial charge on any atom is -0.314 e. The summed E-state index contributed by atoms with van der Waals surface area (Å²) in [7, 11) is 1.57. The summed E-state index contributed by atoms with van der Waals surface area (Å²) < 4.78 is 12.8. The summed E-state index contributed by atoms with van der Waals surface area (Å²) >= 11 is 0. The highest BCUT2D eigenvalue weighted by atomic mass is 19.1. The van der Waals surface area contributed by atoms with E-state index in [0.29, 0.717) is 5.69 Å². The fourth-order valence-corrected chi connectivity index (χ4v) is 1.51. The molecular weight excluding hydrogens is 185 g/mol. The number of benzene rings is 1. The Balaban J connectivity index is 2.61. The fourth-order valence-electron chi connectivity index (χ4n) is 1.51. The Morgan fingerprint density at radius 1 is 1.36 bits per heavy atom. The third-order valence-electron chi connectivity index (χ3n) is 2.31. The zero-order valence-electron chi connectivity index (χ0n) is 7.58. The standard InChI is InChI=1S/C10H8FNO2/c1-12-8-3-2-6(11)4-7(8)9(13)5-10(12)14/h2-4H,5H2,1H3. The number of hydrogen-bond donors (Lipinski definition) is 0. The number of hydrogen-bond acceptors (Lipinski definition) is 2. The number of amides is 1. The van der Waals surface area contributed by atoms with Crippen LogP contribution in [-0.4, -0.2) is 18.7 Å². The summed E-state index contributed by atoms with van der Waals surface area (Å²) in [4.78, 5) is 24.0. The molecule has 0 aromatic heterocycles. The van der Waals surface area contributed by atoms with Crippen LogP contribution in [-0.2, 0) is 4.79 Å². The summed E-state index contributed by atoms with van der Waals surface area (Å²) in [6.07, 6.45) is -0.174. The van der Waals surface area contributed by atoms with Crippen LogP contribution in [0.1, 0.15) is 16.8 Å². The quantitative estimate of drug-likeness (QED) is 0.583. The van der Waals surface area contributed by atoms with Gasteiger partial charge in [-0.3, -0.25) is 9.59 Å². The summed E-state index contributed by atoms with van der Waals surface area (Å²) in [5, 5.41) is 0. The minimum absolute atomic E-state index is 0.174. The third-order valence-corrected chi connectivity index (χ3v) is 2.31. The molecule has 14 heavy (non-hydrogen) atoms. The summed E-state index contributed by atoms with van der Waals surface area (Å²) in [5.74, 6) is -1.03. The van der Waals surface area contributed by atoms with E-state index in [-0.39, 0.29) is 23.7 Å². The second-order valence-corrected chi connectivity index (χ2v) is 3.21. The van der Waals surface area contributed by atoms with Crippen molar-refractivity contribution in [1.82, 2.24) is 0 Å². The molecule has 0 aliphatic carbocycles. The molecule has 0 spiro atoms. The number of nitrogens with zero attached hydrogens (tertiary/aromatic N) is 1. The molecular formula is C10H8FNO2. The van der Waals surface area contributed by atoms with Crippen molar-refractivity contribution in [1.29, 1.82) is 0 Å². The molecule has 2 rings (SSSR count). The molecule has 3 nitrogen and oxygen atoms in total. The van der Waals surface area contributed by atoms with E-state index in [4.69, 9.17) is 0 Å². The van der Waals surface area contributed by atoms with Gasteiger partial charge in [-0.2, -0.15) is 0 Å². The number of ketones is 1. The zero-order chi connectivity index (χ0) is 10.3. The van der Waals surface area contributed by atoms with Crippen molar-refractivity contribution in [2.45, 2.75) is 6.42 Å². The Morgan fingerprint density at radius 2 is 2.07 bits per heavy atom. The van der Waals surface area contributed by atoms with Gasteiger partial charge < -0.3 is 4.90 Å². The van der Waals surface area contributed by atoms with Crippen LogP contribution in [0.2, 0.25) is 0 Å². The van der Waals surface area contributed by atoms with Crippen LogP contribution in [0.15, 0.2) is 18.2 Å². The van der Waals surface area contributed by atoms with Gasteiger partial charge in [0.1, 0.15) is 5.82 Å². The molecule has 0 N–H and O–H groups in total. The highest BCUT2D eigenvalue weighted by Crippen LogP contribution is 2.26. The van der Waals surface area contributed by atoms with Gasteiger partial charge in [-0.05, 0) is 18.2 Å². The molecule has 0 unspecified atom stereocenters. The molecule has 0 fully saturated rings. The molecule has 4 heteroatoms. The number of carbonyl (C=O) groups excluding carboxylic acids is 2. The largest absolute Gasteiger partial charge is 0.314 e. The maximum Gasteiger partial charge on any atom is 0.234 e. The number of anilines is 1. The smallest absolute Gasteiger partial charge is 0.234 e. The number of rotatable bonds is 0. The lowest BCUT2D eigenvalue weighted by atomic mass is 10.0. The van der Waals surface area contributed by atoms with Gasteiger partial charge in [-0.25, -0.2) is 4.39 Å². The van der Waals surface area contributed by atoms with Crippen LogP contribution in [0.5, 0.6) is 0 Å². The first kappa shape index (κ1) is 8.87. The molecule has 0 bridgehead atoms. The maximum absolute atomic E-state index is 12.8. The summed E-state index contributed by atoms with van der Waals surface area (Å²) in [6, 6.07) is 3.85. The van der Waals surface area contributed by atoms with Crippen molar-refractivity contribution in [2.75, 3.05) is 11.9 Å². The highest BCUT2D eigenvalue weighted by molar-refractivity contribution is 6.19. The van der Waals surface area contributed by atoms with E-state index in [0.717, 1.165) is 0 Å². The van der Waals surface area contributed by atoms with Crippen molar-refractivity contribution in [2.24, 2.45) is 0 Å². The van der Waals surface area contributed by atoms with Gasteiger partial charge in [0, 0.05) is 12.6 Å². The molecule has 1 aromatic carbocycles. The summed E-state index contributed by atoms with van der Waals surface area (Å²) in [5.41, 5.74) is 0.764. The second kappa shape index (κ2) is 2.90. The van der Waals surface area contributed by atoms with E-state index in [1.807, 2.05) is 0 Å². The molecule has 1 amide bonds. The fraction of sp³-hybridized carbons (Fsp3) is 0.200. The van der Waals surface area contributed by atoms with Crippen molar-refractivity contribution < 1.29 is 14.0 Å². The van der Waals surface area contributed by atoms with Crippen molar-refractivity contribution in [3.05, 3.63) is 29.6 Å². The molecule has 0 saturated carbocycles. The number of carbonyl (C=O) groups is 2. The molecule has 0 saturated heterocycles. The number of fused-ring (bicyclic) bond motifs is 1. The average molecular weight is 193 g/mol. The van der Waals surface area contributed by atoms with Gasteiger partial charge in [0.2, 0.25) is 5.91 Å². The Bertz CT molecular complexity index is 428. The highest BCUT2D eigenvalue weighted by Gasteiger charge is 2.27. The van der Waals surface area contributed by atoms with Gasteiger partial charge in [0.05, 0.1) is 12.1 Å². The molecule has 0 atom stereocenters. The van der Waals surface area contributed by atoms with Crippen LogP contribution in [0, 0.1) is 5.82 Å².